The topological polar surface area (TPSA) is 85.3 Å². The predicted octanol–water partition coefficient (Wildman–Crippen LogP) is 3.08. The van der Waals surface area contributed by atoms with E-state index in [0.717, 1.165) is 5.56 Å². The van der Waals surface area contributed by atoms with Crippen LogP contribution in [0.25, 0.3) is 5.76 Å². The summed E-state index contributed by atoms with van der Waals surface area (Å²) >= 11 is 0. The first-order chi connectivity index (χ1) is 14.4. The van der Waals surface area contributed by atoms with E-state index in [1.165, 1.54) is 26.2 Å². The molecule has 1 heterocycles. The Morgan fingerprint density at radius 1 is 1.03 bits per heavy atom. The Bertz CT molecular complexity index is 980. The lowest BCUT2D eigenvalue weighted by atomic mass is 9.94. The summed E-state index contributed by atoms with van der Waals surface area (Å²) in [5.41, 5.74) is 2.02. The molecule has 2 aromatic rings. The van der Waals surface area contributed by atoms with Gasteiger partial charge in [-0.2, -0.15) is 0 Å². The third-order valence-electron chi connectivity index (χ3n) is 5.13. The van der Waals surface area contributed by atoms with Gasteiger partial charge in [-0.25, -0.2) is 0 Å². The SMILES string of the molecule is COCCN1C(=O)C(=O)C(=C(O)c2ccc(C)cc2)C1c1cc(OC)ccc1OC. The lowest BCUT2D eigenvalue weighted by Crippen LogP contribution is -2.32. The fourth-order valence-electron chi connectivity index (χ4n) is 3.54. The van der Waals surface area contributed by atoms with Gasteiger partial charge in [0.1, 0.15) is 17.3 Å². The summed E-state index contributed by atoms with van der Waals surface area (Å²) in [6.07, 6.45) is 0. The van der Waals surface area contributed by atoms with Gasteiger partial charge in [-0.05, 0) is 25.1 Å². The Morgan fingerprint density at radius 2 is 1.73 bits per heavy atom. The van der Waals surface area contributed by atoms with E-state index in [0.29, 0.717) is 22.6 Å². The van der Waals surface area contributed by atoms with Crippen LogP contribution >= 0.6 is 0 Å². The molecular formula is C23H25NO6. The largest absolute Gasteiger partial charge is 0.507 e. The molecule has 1 aliphatic heterocycles. The van der Waals surface area contributed by atoms with E-state index in [1.807, 2.05) is 19.1 Å². The minimum atomic E-state index is -0.841. The second-order valence-electron chi connectivity index (χ2n) is 6.96. The number of ketones is 1. The van der Waals surface area contributed by atoms with Crippen molar-refractivity contribution < 1.29 is 28.9 Å². The van der Waals surface area contributed by atoms with Crippen molar-refractivity contribution in [2.75, 3.05) is 34.5 Å². The van der Waals surface area contributed by atoms with Crippen molar-refractivity contribution in [1.29, 1.82) is 0 Å². The zero-order valence-corrected chi connectivity index (χ0v) is 17.5. The van der Waals surface area contributed by atoms with Gasteiger partial charge in [0.2, 0.25) is 0 Å². The van der Waals surface area contributed by atoms with Crippen LogP contribution in [0.3, 0.4) is 0 Å². The molecule has 0 spiro atoms. The van der Waals surface area contributed by atoms with Crippen molar-refractivity contribution >= 4 is 17.4 Å². The number of aliphatic hydroxyl groups excluding tert-OH is 1. The third kappa shape index (κ3) is 3.89. The molecule has 2 aromatic carbocycles. The molecule has 0 bridgehead atoms. The molecule has 1 aliphatic rings. The van der Waals surface area contributed by atoms with E-state index in [4.69, 9.17) is 14.2 Å². The van der Waals surface area contributed by atoms with E-state index in [2.05, 4.69) is 0 Å². The van der Waals surface area contributed by atoms with Gasteiger partial charge in [0, 0.05) is 24.8 Å². The molecule has 1 amide bonds. The van der Waals surface area contributed by atoms with Crippen molar-refractivity contribution in [3.8, 4) is 11.5 Å². The average Bonchev–Trinajstić information content (AvgIpc) is 3.01. The standard InChI is InChI=1S/C23H25NO6/c1-14-5-7-15(8-6-14)21(25)19-20(24(11-12-28-2)23(27)22(19)26)17-13-16(29-3)9-10-18(17)30-4/h5-10,13,20,25H,11-12H2,1-4H3. The summed E-state index contributed by atoms with van der Waals surface area (Å²) in [4.78, 5) is 27.2. The zero-order chi connectivity index (χ0) is 21.8. The summed E-state index contributed by atoms with van der Waals surface area (Å²) in [5, 5.41) is 11.0. The number of ether oxygens (including phenoxy) is 3. The van der Waals surface area contributed by atoms with E-state index in [9.17, 15) is 14.7 Å². The van der Waals surface area contributed by atoms with Gasteiger partial charge >= 0.3 is 0 Å². The number of hydrogen-bond acceptors (Lipinski definition) is 6. The van der Waals surface area contributed by atoms with Crippen molar-refractivity contribution in [2.24, 2.45) is 0 Å². The number of aliphatic hydroxyl groups is 1. The van der Waals surface area contributed by atoms with Crippen LogP contribution in [0.5, 0.6) is 11.5 Å². The summed E-state index contributed by atoms with van der Waals surface area (Å²) < 4.78 is 15.9. The van der Waals surface area contributed by atoms with Crippen molar-refractivity contribution in [1.82, 2.24) is 4.90 Å². The number of Topliss-reactive ketones (excluding diaryl/α,β-unsaturated/α-hetero) is 1. The van der Waals surface area contributed by atoms with Gasteiger partial charge in [-0.15, -0.1) is 0 Å². The maximum atomic E-state index is 13.0. The highest BCUT2D eigenvalue weighted by molar-refractivity contribution is 6.46. The predicted molar refractivity (Wildman–Crippen MR) is 112 cm³/mol. The number of nitrogens with zero attached hydrogens (tertiary/aromatic N) is 1. The van der Waals surface area contributed by atoms with Crippen LogP contribution in [0.2, 0.25) is 0 Å². The monoisotopic (exact) mass is 411 g/mol. The van der Waals surface area contributed by atoms with Gasteiger partial charge in [0.05, 0.1) is 32.4 Å². The first-order valence-corrected chi connectivity index (χ1v) is 9.49. The molecule has 1 N–H and O–H groups in total. The number of benzene rings is 2. The van der Waals surface area contributed by atoms with Crippen LogP contribution in [-0.4, -0.2) is 56.2 Å². The molecule has 1 unspecified atom stereocenters. The highest BCUT2D eigenvalue weighted by Crippen LogP contribution is 2.43. The Labute approximate surface area is 175 Å². The third-order valence-corrected chi connectivity index (χ3v) is 5.13. The molecule has 0 saturated carbocycles. The van der Waals surface area contributed by atoms with E-state index in [-0.39, 0.29) is 24.5 Å². The maximum Gasteiger partial charge on any atom is 0.295 e. The van der Waals surface area contributed by atoms with Crippen molar-refractivity contribution in [3.63, 3.8) is 0 Å². The number of methoxy groups -OCH3 is 3. The molecule has 3 rings (SSSR count). The summed E-state index contributed by atoms with van der Waals surface area (Å²) in [7, 11) is 4.55. The number of rotatable bonds is 7. The molecule has 7 nitrogen and oxygen atoms in total. The number of carbonyl (C=O) groups is 2. The number of likely N-dealkylation sites (tertiary alicyclic amines) is 1. The molecule has 30 heavy (non-hydrogen) atoms. The minimum absolute atomic E-state index is 0.00603. The maximum absolute atomic E-state index is 13.0. The van der Waals surface area contributed by atoms with E-state index < -0.39 is 17.7 Å². The van der Waals surface area contributed by atoms with Gasteiger partial charge in [0.15, 0.2) is 0 Å². The fourth-order valence-corrected chi connectivity index (χ4v) is 3.54. The van der Waals surface area contributed by atoms with Crippen LogP contribution in [0, 0.1) is 6.92 Å². The summed E-state index contributed by atoms with van der Waals surface area (Å²) in [6, 6.07) is 11.4. The quantitative estimate of drug-likeness (QED) is 0.428. The number of carbonyl (C=O) groups excluding carboxylic acids is 2. The minimum Gasteiger partial charge on any atom is -0.507 e. The van der Waals surface area contributed by atoms with Gasteiger partial charge < -0.3 is 24.2 Å². The number of amides is 1. The van der Waals surface area contributed by atoms with E-state index >= 15 is 0 Å². The van der Waals surface area contributed by atoms with Crippen LogP contribution in [0.1, 0.15) is 22.7 Å². The first kappa shape index (κ1) is 21.4. The van der Waals surface area contributed by atoms with Crippen LogP contribution < -0.4 is 9.47 Å². The van der Waals surface area contributed by atoms with Gasteiger partial charge in [-0.3, -0.25) is 9.59 Å². The molecule has 1 fully saturated rings. The smallest absolute Gasteiger partial charge is 0.295 e. The lowest BCUT2D eigenvalue weighted by molar-refractivity contribution is -0.140. The summed E-state index contributed by atoms with van der Waals surface area (Å²) in [5.74, 6) is -0.670. The summed E-state index contributed by atoms with van der Waals surface area (Å²) in [6.45, 7) is 2.34. The Hall–Kier alpha value is -3.32. The highest BCUT2D eigenvalue weighted by atomic mass is 16.5. The molecular weight excluding hydrogens is 386 g/mol. The Kier molecular flexibility index (Phi) is 6.42. The molecule has 1 saturated heterocycles. The molecule has 1 atom stereocenters. The van der Waals surface area contributed by atoms with Crippen molar-refractivity contribution in [3.05, 3.63) is 64.7 Å². The van der Waals surface area contributed by atoms with Crippen LogP contribution in [-0.2, 0) is 14.3 Å². The van der Waals surface area contributed by atoms with Gasteiger partial charge in [-0.1, -0.05) is 29.8 Å². The molecule has 0 aliphatic carbocycles. The molecule has 0 aromatic heterocycles. The second-order valence-corrected chi connectivity index (χ2v) is 6.96. The normalized spacial score (nSPS) is 18.0. The Balaban J connectivity index is 2.24. The van der Waals surface area contributed by atoms with Crippen LogP contribution in [0.15, 0.2) is 48.0 Å². The molecule has 158 valence electrons. The number of aryl methyl sites for hydroxylation is 1. The fraction of sp³-hybridized carbons (Fsp3) is 0.304. The van der Waals surface area contributed by atoms with E-state index in [1.54, 1.807) is 30.3 Å². The highest BCUT2D eigenvalue weighted by Gasteiger charge is 2.47. The molecule has 7 heteroatoms. The van der Waals surface area contributed by atoms with Gasteiger partial charge in [0.25, 0.3) is 11.7 Å². The lowest BCUT2D eigenvalue weighted by Gasteiger charge is -2.26. The Morgan fingerprint density at radius 3 is 2.33 bits per heavy atom. The van der Waals surface area contributed by atoms with Crippen molar-refractivity contribution in [2.45, 2.75) is 13.0 Å². The second kappa shape index (κ2) is 9.00. The zero-order valence-electron chi connectivity index (χ0n) is 17.5. The average molecular weight is 411 g/mol. The number of hydrogen-bond donors (Lipinski definition) is 1. The first-order valence-electron chi connectivity index (χ1n) is 9.49. The van der Waals surface area contributed by atoms with Crippen LogP contribution in [0.4, 0.5) is 0 Å². The molecule has 0 radical (unpaired) electrons.